The molecule has 2 aromatic rings. The first-order valence-corrected chi connectivity index (χ1v) is 5.92. The van der Waals surface area contributed by atoms with Crippen LogP contribution in [0.15, 0.2) is 30.7 Å². The van der Waals surface area contributed by atoms with Gasteiger partial charge in [0.2, 0.25) is 5.91 Å². The number of hydrogen-bond acceptors (Lipinski definition) is 4. The van der Waals surface area contributed by atoms with Gasteiger partial charge in [-0.2, -0.15) is 0 Å². The van der Waals surface area contributed by atoms with Crippen molar-refractivity contribution >= 4 is 29.2 Å². The summed E-state index contributed by atoms with van der Waals surface area (Å²) in [6.45, 7) is 1.31. The fourth-order valence-electron chi connectivity index (χ4n) is 1.68. The highest BCUT2D eigenvalue weighted by molar-refractivity contribution is 6.07. The van der Waals surface area contributed by atoms with Crippen LogP contribution in [0.25, 0.3) is 0 Å². The van der Waals surface area contributed by atoms with E-state index in [2.05, 4.69) is 20.6 Å². The lowest BCUT2D eigenvalue weighted by Gasteiger charge is -2.10. The van der Waals surface area contributed by atoms with Crippen molar-refractivity contribution in [1.29, 1.82) is 0 Å². The molecule has 0 saturated heterocycles. The first kappa shape index (κ1) is 14.3. The van der Waals surface area contributed by atoms with Gasteiger partial charge in [0, 0.05) is 12.6 Å². The van der Waals surface area contributed by atoms with Gasteiger partial charge in [-0.3, -0.25) is 9.59 Å². The highest BCUT2D eigenvalue weighted by Crippen LogP contribution is 2.21. The zero-order valence-electron chi connectivity index (χ0n) is 11.0. The van der Waals surface area contributed by atoms with E-state index in [1.807, 2.05) is 0 Å². The van der Waals surface area contributed by atoms with E-state index in [9.17, 15) is 19.5 Å². The number of imidazole rings is 1. The van der Waals surface area contributed by atoms with Gasteiger partial charge in [-0.15, -0.1) is 0 Å². The Bertz CT molecular complexity index is 694. The Morgan fingerprint density at radius 3 is 2.57 bits per heavy atom. The molecule has 21 heavy (non-hydrogen) atoms. The molecule has 8 heteroatoms. The van der Waals surface area contributed by atoms with Crippen LogP contribution in [0.3, 0.4) is 0 Å². The number of anilines is 2. The summed E-state index contributed by atoms with van der Waals surface area (Å²) in [6, 6.07) is 4.17. The molecule has 1 heterocycles. The van der Waals surface area contributed by atoms with Crippen LogP contribution in [0.1, 0.15) is 27.8 Å². The molecule has 0 bridgehead atoms. The number of nitrogens with zero attached hydrogens (tertiary/aromatic N) is 1. The third-order valence-electron chi connectivity index (χ3n) is 2.56. The molecule has 0 saturated carbocycles. The van der Waals surface area contributed by atoms with E-state index in [1.165, 1.54) is 37.6 Å². The highest BCUT2D eigenvalue weighted by atomic mass is 16.4. The third-order valence-corrected chi connectivity index (χ3v) is 2.56. The maximum absolute atomic E-state index is 11.9. The zero-order valence-corrected chi connectivity index (χ0v) is 11.0. The second-order valence-electron chi connectivity index (χ2n) is 4.17. The van der Waals surface area contributed by atoms with E-state index in [-0.39, 0.29) is 22.9 Å². The average Bonchev–Trinajstić information content (AvgIpc) is 2.93. The minimum atomic E-state index is -1.22. The number of carboxylic acids is 1. The predicted molar refractivity (Wildman–Crippen MR) is 74.2 cm³/mol. The van der Waals surface area contributed by atoms with Crippen LogP contribution >= 0.6 is 0 Å². The van der Waals surface area contributed by atoms with Crippen molar-refractivity contribution in [3.63, 3.8) is 0 Å². The molecule has 0 fully saturated rings. The molecule has 1 aromatic carbocycles. The van der Waals surface area contributed by atoms with Crippen molar-refractivity contribution in [2.45, 2.75) is 6.92 Å². The largest absolute Gasteiger partial charge is 0.478 e. The summed E-state index contributed by atoms with van der Waals surface area (Å²) in [5, 5.41) is 14.1. The van der Waals surface area contributed by atoms with Crippen LogP contribution in [0.2, 0.25) is 0 Å². The predicted octanol–water partition coefficient (Wildman–Crippen LogP) is 1.32. The fraction of sp³-hybridized carbons (Fsp3) is 0.0769. The summed E-state index contributed by atoms with van der Waals surface area (Å²) in [6.07, 6.45) is 2.66. The molecule has 0 unspecified atom stereocenters. The normalized spacial score (nSPS) is 9.95. The molecule has 0 radical (unpaired) electrons. The number of benzene rings is 1. The molecule has 0 aliphatic rings. The van der Waals surface area contributed by atoms with Crippen LogP contribution in [-0.4, -0.2) is 32.9 Å². The van der Waals surface area contributed by atoms with Gasteiger partial charge >= 0.3 is 5.97 Å². The lowest BCUT2D eigenvalue weighted by atomic mass is 10.1. The van der Waals surface area contributed by atoms with Gasteiger partial charge in [0.25, 0.3) is 5.91 Å². The molecule has 0 aliphatic heterocycles. The van der Waals surface area contributed by atoms with Gasteiger partial charge in [-0.1, -0.05) is 0 Å². The van der Waals surface area contributed by atoms with E-state index in [1.54, 1.807) is 0 Å². The Labute approximate surface area is 119 Å². The van der Waals surface area contributed by atoms with E-state index >= 15 is 0 Å². The van der Waals surface area contributed by atoms with Crippen molar-refractivity contribution in [2.75, 3.05) is 10.6 Å². The Hall–Kier alpha value is -3.16. The number of carbonyl (C=O) groups excluding carboxylic acids is 2. The van der Waals surface area contributed by atoms with Crippen molar-refractivity contribution in [3.05, 3.63) is 42.0 Å². The van der Waals surface area contributed by atoms with E-state index in [0.29, 0.717) is 5.69 Å². The Kier molecular flexibility index (Phi) is 3.98. The molecule has 4 N–H and O–H groups in total. The summed E-state index contributed by atoms with van der Waals surface area (Å²) in [4.78, 5) is 40.4. The Morgan fingerprint density at radius 1 is 1.24 bits per heavy atom. The first-order chi connectivity index (χ1) is 9.97. The zero-order chi connectivity index (χ0) is 15.4. The van der Waals surface area contributed by atoms with Gasteiger partial charge in [0.15, 0.2) is 0 Å². The van der Waals surface area contributed by atoms with Crippen molar-refractivity contribution in [1.82, 2.24) is 9.97 Å². The Morgan fingerprint density at radius 2 is 2.00 bits per heavy atom. The van der Waals surface area contributed by atoms with E-state index in [4.69, 9.17) is 0 Å². The number of carboxylic acid groups (broad SMARTS) is 1. The maximum Gasteiger partial charge on any atom is 0.337 e. The first-order valence-electron chi connectivity index (χ1n) is 5.92. The molecule has 2 amide bonds. The highest BCUT2D eigenvalue weighted by Gasteiger charge is 2.15. The lowest BCUT2D eigenvalue weighted by Crippen LogP contribution is -2.16. The van der Waals surface area contributed by atoms with Crippen molar-refractivity contribution < 1.29 is 19.5 Å². The van der Waals surface area contributed by atoms with Gasteiger partial charge in [-0.05, 0) is 18.2 Å². The van der Waals surface area contributed by atoms with Gasteiger partial charge < -0.3 is 20.7 Å². The summed E-state index contributed by atoms with van der Waals surface area (Å²) < 4.78 is 0. The van der Waals surface area contributed by atoms with Crippen LogP contribution in [0.5, 0.6) is 0 Å². The third kappa shape index (κ3) is 3.44. The number of nitrogens with one attached hydrogen (secondary N) is 3. The number of rotatable bonds is 4. The van der Waals surface area contributed by atoms with Crippen LogP contribution < -0.4 is 10.6 Å². The van der Waals surface area contributed by atoms with Crippen molar-refractivity contribution in [3.8, 4) is 0 Å². The van der Waals surface area contributed by atoms with E-state index < -0.39 is 11.9 Å². The molecule has 108 valence electrons. The minimum absolute atomic E-state index is 0.121. The van der Waals surface area contributed by atoms with E-state index in [0.717, 1.165) is 0 Å². The number of H-pyrrole nitrogens is 1. The number of aromatic amines is 1. The maximum atomic E-state index is 11.9. The summed E-state index contributed by atoms with van der Waals surface area (Å²) in [5.41, 5.74) is 0.530. The SMILES string of the molecule is CC(=O)Nc1ccc(NC(=O)c2cnc[nH]2)c(C(=O)O)c1. The molecule has 1 aromatic heterocycles. The smallest absolute Gasteiger partial charge is 0.337 e. The van der Waals surface area contributed by atoms with Crippen LogP contribution in [-0.2, 0) is 4.79 Å². The lowest BCUT2D eigenvalue weighted by molar-refractivity contribution is -0.114. The Balaban J connectivity index is 2.28. The number of aromatic carboxylic acids is 1. The molecule has 0 spiro atoms. The minimum Gasteiger partial charge on any atom is -0.478 e. The molecule has 8 nitrogen and oxygen atoms in total. The molecular weight excluding hydrogens is 276 g/mol. The standard InChI is InChI=1S/C13H12N4O4/c1-7(18)16-8-2-3-10(9(4-8)13(20)21)17-12(19)11-5-14-6-15-11/h2-6H,1H3,(H,14,15)(H,16,18)(H,17,19)(H,20,21). The number of amides is 2. The molecule has 0 aliphatic carbocycles. The van der Waals surface area contributed by atoms with Gasteiger partial charge in [0.05, 0.1) is 23.8 Å². The number of hydrogen-bond donors (Lipinski definition) is 4. The average molecular weight is 288 g/mol. The quantitative estimate of drug-likeness (QED) is 0.675. The molecule has 2 rings (SSSR count). The van der Waals surface area contributed by atoms with Crippen LogP contribution in [0.4, 0.5) is 11.4 Å². The number of carbonyl (C=O) groups is 3. The van der Waals surface area contributed by atoms with Crippen molar-refractivity contribution in [2.24, 2.45) is 0 Å². The molecular formula is C13H12N4O4. The van der Waals surface area contributed by atoms with Crippen LogP contribution in [0, 0.1) is 0 Å². The number of aromatic nitrogens is 2. The fourth-order valence-corrected chi connectivity index (χ4v) is 1.68. The van der Waals surface area contributed by atoms with Gasteiger partial charge in [-0.25, -0.2) is 9.78 Å². The monoisotopic (exact) mass is 288 g/mol. The second kappa shape index (κ2) is 5.87. The summed E-state index contributed by atoms with van der Waals surface area (Å²) >= 11 is 0. The summed E-state index contributed by atoms with van der Waals surface area (Å²) in [7, 11) is 0. The summed E-state index contributed by atoms with van der Waals surface area (Å²) in [5.74, 6) is -2.05. The van der Waals surface area contributed by atoms with Gasteiger partial charge in [0.1, 0.15) is 5.69 Å². The molecule has 0 atom stereocenters. The second-order valence-corrected chi connectivity index (χ2v) is 4.17. The topological polar surface area (TPSA) is 124 Å².